The van der Waals surface area contributed by atoms with E-state index in [9.17, 15) is 13.5 Å². The van der Waals surface area contributed by atoms with Crippen molar-refractivity contribution >= 4 is 9.84 Å². The molecule has 2 rings (SSSR count). The molecule has 1 aliphatic rings. The number of aliphatic hydroxyl groups is 2. The van der Waals surface area contributed by atoms with Crippen LogP contribution in [-0.4, -0.2) is 62.5 Å². The maximum atomic E-state index is 12.8. The van der Waals surface area contributed by atoms with Crippen LogP contribution < -0.4 is 0 Å². The lowest BCUT2D eigenvalue weighted by Gasteiger charge is -2.23. The average Bonchev–Trinajstić information content (AvgIpc) is 2.91. The van der Waals surface area contributed by atoms with Crippen LogP contribution in [0.15, 0.2) is 47.9 Å². The molecule has 1 saturated heterocycles. The molecule has 0 radical (unpaired) electrons. The van der Waals surface area contributed by atoms with Crippen molar-refractivity contribution < 1.29 is 28.1 Å². The Balaban J connectivity index is 2.23. The van der Waals surface area contributed by atoms with Crippen molar-refractivity contribution in [2.75, 3.05) is 19.5 Å². The average molecular weight is 370 g/mol. The molecule has 2 N–H and O–H groups in total. The van der Waals surface area contributed by atoms with Crippen LogP contribution in [0.25, 0.3) is 0 Å². The summed E-state index contributed by atoms with van der Waals surface area (Å²) in [5.41, 5.74) is 0. The number of ether oxygens (including phenoxy) is 2. The second-order valence-corrected chi connectivity index (χ2v) is 8.30. The molecule has 140 valence electrons. The lowest BCUT2D eigenvalue weighted by molar-refractivity contribution is -0.0394. The molecule has 0 aliphatic carbocycles. The maximum Gasteiger partial charge on any atom is 0.178 e. The molecule has 1 aliphatic heterocycles. The van der Waals surface area contributed by atoms with E-state index in [1.54, 1.807) is 36.4 Å². The minimum Gasteiger partial charge on any atom is -0.394 e. The van der Waals surface area contributed by atoms with Gasteiger partial charge in [0.2, 0.25) is 0 Å². The van der Waals surface area contributed by atoms with E-state index in [0.29, 0.717) is 6.42 Å². The van der Waals surface area contributed by atoms with E-state index in [2.05, 4.69) is 6.58 Å². The van der Waals surface area contributed by atoms with E-state index >= 15 is 0 Å². The molecule has 25 heavy (non-hydrogen) atoms. The van der Waals surface area contributed by atoms with Gasteiger partial charge >= 0.3 is 0 Å². The van der Waals surface area contributed by atoms with Gasteiger partial charge in [-0.3, -0.25) is 0 Å². The van der Waals surface area contributed by atoms with Crippen LogP contribution >= 0.6 is 0 Å². The van der Waals surface area contributed by atoms with Crippen molar-refractivity contribution in [2.24, 2.45) is 5.92 Å². The smallest absolute Gasteiger partial charge is 0.178 e. The second-order valence-electron chi connectivity index (χ2n) is 6.27. The number of aliphatic hydroxyl groups excluding tert-OH is 2. The Hall–Kier alpha value is -1.25. The van der Waals surface area contributed by atoms with Gasteiger partial charge in [-0.1, -0.05) is 24.3 Å². The first-order valence-electron chi connectivity index (χ1n) is 8.28. The van der Waals surface area contributed by atoms with Gasteiger partial charge in [-0.05, 0) is 18.6 Å². The normalized spacial score (nSPS) is 28.0. The molecule has 0 bridgehead atoms. The summed E-state index contributed by atoms with van der Waals surface area (Å²) in [5.74, 6) is -0.496. The third-order valence-electron chi connectivity index (χ3n) is 4.52. The Morgan fingerprint density at radius 2 is 2.00 bits per heavy atom. The van der Waals surface area contributed by atoms with E-state index in [1.165, 1.54) is 7.11 Å². The summed E-state index contributed by atoms with van der Waals surface area (Å²) in [6, 6.07) is 8.29. The van der Waals surface area contributed by atoms with Gasteiger partial charge in [-0.25, -0.2) is 8.42 Å². The summed E-state index contributed by atoms with van der Waals surface area (Å²) >= 11 is 0. The van der Waals surface area contributed by atoms with Crippen LogP contribution in [0.5, 0.6) is 0 Å². The Bertz CT molecular complexity index is 645. The molecule has 7 heteroatoms. The molecule has 1 heterocycles. The first-order valence-corrected chi connectivity index (χ1v) is 9.94. The van der Waals surface area contributed by atoms with Gasteiger partial charge in [-0.15, -0.1) is 6.58 Å². The molecule has 1 unspecified atom stereocenters. The van der Waals surface area contributed by atoms with E-state index < -0.39 is 28.1 Å². The van der Waals surface area contributed by atoms with Crippen molar-refractivity contribution in [2.45, 2.75) is 42.2 Å². The minimum absolute atomic E-state index is 0.111. The lowest BCUT2D eigenvalue weighted by Crippen LogP contribution is -2.36. The van der Waals surface area contributed by atoms with Gasteiger partial charge in [0.15, 0.2) is 9.84 Å². The van der Waals surface area contributed by atoms with Crippen LogP contribution in [0.1, 0.15) is 12.8 Å². The maximum absolute atomic E-state index is 12.8. The summed E-state index contributed by atoms with van der Waals surface area (Å²) in [4.78, 5) is 0.265. The topological polar surface area (TPSA) is 93.1 Å². The molecule has 0 amide bonds. The molecule has 1 aromatic rings. The van der Waals surface area contributed by atoms with Crippen molar-refractivity contribution in [3.63, 3.8) is 0 Å². The zero-order valence-corrected chi connectivity index (χ0v) is 15.1. The highest BCUT2D eigenvalue weighted by Gasteiger charge is 2.46. The quantitative estimate of drug-likeness (QED) is 0.634. The predicted molar refractivity (Wildman–Crippen MR) is 94.0 cm³/mol. The van der Waals surface area contributed by atoms with Gasteiger partial charge in [0.25, 0.3) is 0 Å². The van der Waals surface area contributed by atoms with E-state index in [1.807, 2.05) is 0 Å². The van der Waals surface area contributed by atoms with Crippen molar-refractivity contribution in [1.82, 2.24) is 0 Å². The molecule has 0 spiro atoms. The van der Waals surface area contributed by atoms with Crippen LogP contribution in [-0.2, 0) is 19.3 Å². The number of rotatable bonds is 9. The lowest BCUT2D eigenvalue weighted by atomic mass is 9.94. The van der Waals surface area contributed by atoms with Crippen LogP contribution in [0.3, 0.4) is 0 Å². The Kier molecular flexibility index (Phi) is 7.15. The van der Waals surface area contributed by atoms with E-state index in [4.69, 9.17) is 14.6 Å². The Morgan fingerprint density at radius 1 is 1.32 bits per heavy atom. The van der Waals surface area contributed by atoms with Gasteiger partial charge in [-0.2, -0.15) is 0 Å². The van der Waals surface area contributed by atoms with Gasteiger partial charge in [0.05, 0.1) is 41.7 Å². The minimum atomic E-state index is -3.50. The fourth-order valence-electron chi connectivity index (χ4n) is 3.32. The second kappa shape index (κ2) is 8.91. The summed E-state index contributed by atoms with van der Waals surface area (Å²) in [7, 11) is -2.00. The number of sulfone groups is 1. The molecule has 6 nitrogen and oxygen atoms in total. The molecule has 5 atom stereocenters. The third kappa shape index (κ3) is 4.89. The highest BCUT2D eigenvalue weighted by molar-refractivity contribution is 7.91. The molecular weight excluding hydrogens is 344 g/mol. The van der Waals surface area contributed by atoms with Gasteiger partial charge < -0.3 is 19.7 Å². The fraction of sp³-hybridized carbons (Fsp3) is 0.556. The number of methoxy groups -OCH3 is 1. The molecule has 1 aromatic carbocycles. The number of hydrogen-bond donors (Lipinski definition) is 2. The number of benzene rings is 1. The number of hydrogen-bond acceptors (Lipinski definition) is 6. The van der Waals surface area contributed by atoms with Crippen molar-refractivity contribution in [3.05, 3.63) is 43.0 Å². The molecule has 0 aromatic heterocycles. The van der Waals surface area contributed by atoms with E-state index in [-0.39, 0.29) is 35.7 Å². The molecule has 0 saturated carbocycles. The molecule has 1 fully saturated rings. The zero-order valence-electron chi connectivity index (χ0n) is 14.3. The van der Waals surface area contributed by atoms with Crippen molar-refractivity contribution in [1.29, 1.82) is 0 Å². The molecular formula is C18H26O6S. The van der Waals surface area contributed by atoms with Crippen LogP contribution in [0, 0.1) is 5.92 Å². The summed E-state index contributed by atoms with van der Waals surface area (Å²) in [6.07, 6.45) is 0.0983. The van der Waals surface area contributed by atoms with Gasteiger partial charge in [0.1, 0.15) is 0 Å². The summed E-state index contributed by atoms with van der Waals surface area (Å²) in [5, 5.41) is 18.8. The first-order chi connectivity index (χ1) is 11.9. The SMILES string of the molecule is C=CC[C@@H]1O[C@H](C[C@H](O)CO)[C@H](OC)C1CS(=O)(=O)c1ccccc1. The van der Waals surface area contributed by atoms with Crippen LogP contribution in [0.2, 0.25) is 0 Å². The summed E-state index contributed by atoms with van der Waals surface area (Å²) in [6.45, 7) is 3.33. The Morgan fingerprint density at radius 3 is 2.56 bits per heavy atom. The highest BCUT2D eigenvalue weighted by Crippen LogP contribution is 2.35. The fourth-order valence-corrected chi connectivity index (χ4v) is 5.00. The standard InChI is InChI=1S/C18H26O6S/c1-3-7-16-15(12-25(21,22)14-8-5-4-6-9-14)18(23-2)17(24-16)10-13(20)11-19/h3-6,8-9,13,15-20H,1,7,10-12H2,2H3/t13-,15?,16-,17+,18+/m0/s1. The Labute approximate surface area is 149 Å². The zero-order chi connectivity index (χ0) is 18.4. The first kappa shape index (κ1) is 20.1. The van der Waals surface area contributed by atoms with Crippen molar-refractivity contribution in [3.8, 4) is 0 Å². The summed E-state index contributed by atoms with van der Waals surface area (Å²) < 4.78 is 37.0. The van der Waals surface area contributed by atoms with Gasteiger partial charge in [0, 0.05) is 19.4 Å². The largest absolute Gasteiger partial charge is 0.394 e. The predicted octanol–water partition coefficient (Wildman–Crippen LogP) is 1.18. The van der Waals surface area contributed by atoms with Crippen LogP contribution in [0.4, 0.5) is 0 Å². The highest BCUT2D eigenvalue weighted by atomic mass is 32.2. The third-order valence-corrected chi connectivity index (χ3v) is 6.33. The van der Waals surface area contributed by atoms with E-state index in [0.717, 1.165) is 0 Å². The monoisotopic (exact) mass is 370 g/mol.